The second-order valence-electron chi connectivity index (χ2n) is 5.79. The number of hydrogen-bond acceptors (Lipinski definition) is 4. The smallest absolute Gasteiger partial charge is 0.303 e. The van der Waals surface area contributed by atoms with Gasteiger partial charge in [-0.05, 0) is 79.7 Å². The lowest BCUT2D eigenvalue weighted by atomic mass is 10.1. The summed E-state index contributed by atoms with van der Waals surface area (Å²) in [6.07, 6.45) is 1.50. The molecule has 0 bridgehead atoms. The van der Waals surface area contributed by atoms with Crippen LogP contribution in [0.4, 0.5) is 5.69 Å². The summed E-state index contributed by atoms with van der Waals surface area (Å²) in [6.45, 7) is 0.157. The van der Waals surface area contributed by atoms with Gasteiger partial charge in [0.1, 0.15) is 12.4 Å². The van der Waals surface area contributed by atoms with Crippen molar-refractivity contribution in [3.63, 3.8) is 0 Å². The van der Waals surface area contributed by atoms with Crippen LogP contribution in [0.1, 0.15) is 17.5 Å². The number of ether oxygens (including phenoxy) is 1. The molecule has 0 heterocycles. The van der Waals surface area contributed by atoms with Gasteiger partial charge in [0.2, 0.25) is 10.0 Å². The van der Waals surface area contributed by atoms with Gasteiger partial charge < -0.3 is 9.84 Å². The second kappa shape index (κ2) is 9.27. The number of halogens is 3. The molecule has 0 aromatic heterocycles. The first-order chi connectivity index (χ1) is 12.5. The van der Waals surface area contributed by atoms with E-state index in [0.29, 0.717) is 37.4 Å². The van der Waals surface area contributed by atoms with Crippen molar-refractivity contribution in [2.45, 2.75) is 19.4 Å². The topological polar surface area (TPSA) is 92.7 Å². The maximum atomic E-state index is 11.4. The molecule has 27 heavy (non-hydrogen) atoms. The number of rotatable bonds is 8. The van der Waals surface area contributed by atoms with E-state index in [9.17, 15) is 13.2 Å². The molecular weight excluding hydrogens is 526 g/mol. The zero-order valence-corrected chi connectivity index (χ0v) is 18.9. The highest BCUT2D eigenvalue weighted by molar-refractivity contribution is 9.11. The highest BCUT2D eigenvalue weighted by Gasteiger charge is 2.12. The number of carbonyl (C=O) groups is 1. The zero-order valence-electron chi connectivity index (χ0n) is 14.1. The number of aryl methyl sites for hydroxylation is 1. The van der Waals surface area contributed by atoms with Crippen molar-refractivity contribution in [3.05, 3.63) is 55.4 Å². The third kappa shape index (κ3) is 7.33. The fraction of sp³-hybridized carbons (Fsp3) is 0.235. The lowest BCUT2D eigenvalue weighted by Crippen LogP contribution is -2.10. The van der Waals surface area contributed by atoms with Gasteiger partial charge in [-0.1, -0.05) is 11.6 Å². The van der Waals surface area contributed by atoms with Crippen LogP contribution < -0.4 is 9.46 Å². The fourth-order valence-electron chi connectivity index (χ4n) is 2.31. The lowest BCUT2D eigenvalue weighted by Gasteiger charge is -2.13. The van der Waals surface area contributed by atoms with E-state index in [1.54, 1.807) is 24.3 Å². The molecule has 0 saturated heterocycles. The molecule has 0 aliphatic rings. The summed E-state index contributed by atoms with van der Waals surface area (Å²) in [5.41, 5.74) is 1.89. The molecule has 2 aromatic rings. The standard InChI is InChI=1S/C17H16Br2ClNO5S/c1-27(24,25)21-13-5-11(4-12(20)8-13)9-26-17-14(18)6-10(7-15(17)19)2-3-16(22)23/h4-8,21H,2-3,9H2,1H3,(H,22,23). The molecule has 0 saturated carbocycles. The Morgan fingerprint density at radius 1 is 1.15 bits per heavy atom. The normalized spacial score (nSPS) is 11.3. The van der Waals surface area contributed by atoms with E-state index in [4.69, 9.17) is 21.4 Å². The molecule has 0 atom stereocenters. The SMILES string of the molecule is CS(=O)(=O)Nc1cc(Cl)cc(COc2c(Br)cc(CCC(=O)O)cc2Br)c1. The first-order valence-electron chi connectivity index (χ1n) is 7.63. The minimum atomic E-state index is -3.41. The van der Waals surface area contributed by atoms with Crippen LogP contribution in [0.5, 0.6) is 5.75 Å². The molecule has 10 heteroatoms. The Morgan fingerprint density at radius 3 is 2.33 bits per heavy atom. The summed E-state index contributed by atoms with van der Waals surface area (Å²) < 4.78 is 32.3. The van der Waals surface area contributed by atoms with Crippen LogP contribution in [0.2, 0.25) is 5.02 Å². The molecule has 0 amide bonds. The van der Waals surface area contributed by atoms with E-state index in [1.165, 1.54) is 6.07 Å². The number of nitrogens with one attached hydrogen (secondary N) is 1. The van der Waals surface area contributed by atoms with Gasteiger partial charge >= 0.3 is 5.97 Å². The number of carboxylic acid groups (broad SMARTS) is 1. The maximum absolute atomic E-state index is 11.4. The van der Waals surface area contributed by atoms with E-state index in [0.717, 1.165) is 11.8 Å². The zero-order chi connectivity index (χ0) is 20.2. The molecule has 2 aromatic carbocycles. The number of sulfonamides is 1. The minimum Gasteiger partial charge on any atom is -0.487 e. The molecule has 6 nitrogen and oxygen atoms in total. The first kappa shape index (κ1) is 22.0. The number of hydrogen-bond donors (Lipinski definition) is 2. The van der Waals surface area contributed by atoms with Crippen LogP contribution in [-0.2, 0) is 27.8 Å². The average Bonchev–Trinajstić information content (AvgIpc) is 2.49. The Kier molecular flexibility index (Phi) is 7.55. The Morgan fingerprint density at radius 2 is 1.78 bits per heavy atom. The third-order valence-corrected chi connectivity index (χ3v) is 5.33. The number of anilines is 1. The van der Waals surface area contributed by atoms with Crippen molar-refractivity contribution >= 4 is 65.1 Å². The Hall–Kier alpha value is -1.29. The van der Waals surface area contributed by atoms with Gasteiger partial charge in [0.15, 0.2) is 0 Å². The quantitative estimate of drug-likeness (QED) is 0.499. The van der Waals surface area contributed by atoms with Crippen molar-refractivity contribution < 1.29 is 23.1 Å². The van der Waals surface area contributed by atoms with Gasteiger partial charge in [0.25, 0.3) is 0 Å². The highest BCUT2D eigenvalue weighted by Crippen LogP contribution is 2.36. The highest BCUT2D eigenvalue weighted by atomic mass is 79.9. The molecular formula is C17H16Br2ClNO5S. The van der Waals surface area contributed by atoms with Crippen LogP contribution in [0.3, 0.4) is 0 Å². The van der Waals surface area contributed by atoms with E-state index in [-0.39, 0.29) is 13.0 Å². The van der Waals surface area contributed by atoms with Crippen LogP contribution in [0.25, 0.3) is 0 Å². The van der Waals surface area contributed by atoms with Gasteiger partial charge in [0.05, 0.1) is 20.9 Å². The molecule has 0 aliphatic heterocycles. The number of aliphatic carboxylic acids is 1. The van der Waals surface area contributed by atoms with Crippen LogP contribution >= 0.6 is 43.5 Å². The van der Waals surface area contributed by atoms with E-state index >= 15 is 0 Å². The van der Waals surface area contributed by atoms with Crippen molar-refractivity contribution in [2.24, 2.45) is 0 Å². The molecule has 0 radical (unpaired) electrons. The summed E-state index contributed by atoms with van der Waals surface area (Å²) in [4.78, 5) is 10.7. The Balaban J connectivity index is 2.15. The van der Waals surface area contributed by atoms with Gasteiger partial charge in [-0.15, -0.1) is 0 Å². The van der Waals surface area contributed by atoms with Crippen LogP contribution in [0.15, 0.2) is 39.3 Å². The van der Waals surface area contributed by atoms with Crippen LogP contribution in [0, 0.1) is 0 Å². The molecule has 2 N–H and O–H groups in total. The second-order valence-corrected chi connectivity index (χ2v) is 9.69. The molecule has 0 fully saturated rings. The largest absolute Gasteiger partial charge is 0.487 e. The number of benzene rings is 2. The summed E-state index contributed by atoms with van der Waals surface area (Å²) in [5, 5.41) is 9.17. The molecule has 0 spiro atoms. The van der Waals surface area contributed by atoms with Crippen molar-refractivity contribution in [1.29, 1.82) is 0 Å². The molecule has 0 unspecified atom stereocenters. The van der Waals surface area contributed by atoms with Crippen molar-refractivity contribution in [1.82, 2.24) is 0 Å². The summed E-state index contributed by atoms with van der Waals surface area (Å²) in [6, 6.07) is 8.43. The summed E-state index contributed by atoms with van der Waals surface area (Å²) in [5.74, 6) is -0.311. The molecule has 2 rings (SSSR count). The minimum absolute atomic E-state index is 0.0394. The summed E-state index contributed by atoms with van der Waals surface area (Å²) >= 11 is 12.9. The maximum Gasteiger partial charge on any atom is 0.303 e. The molecule has 0 aliphatic carbocycles. The van der Waals surface area contributed by atoms with Crippen molar-refractivity contribution in [2.75, 3.05) is 11.0 Å². The van der Waals surface area contributed by atoms with Crippen molar-refractivity contribution in [3.8, 4) is 5.75 Å². The van der Waals surface area contributed by atoms with Gasteiger partial charge in [-0.25, -0.2) is 8.42 Å². The predicted octanol–water partition coefficient (Wildman–Crippen LogP) is 4.83. The monoisotopic (exact) mass is 539 g/mol. The van der Waals surface area contributed by atoms with E-state index in [2.05, 4.69) is 36.6 Å². The first-order valence-corrected chi connectivity index (χ1v) is 11.5. The van der Waals surface area contributed by atoms with Gasteiger partial charge in [0, 0.05) is 11.4 Å². The fourth-order valence-corrected chi connectivity index (χ4v) is 4.62. The van der Waals surface area contributed by atoms with Crippen LogP contribution in [-0.4, -0.2) is 25.7 Å². The van der Waals surface area contributed by atoms with Gasteiger partial charge in [-0.2, -0.15) is 0 Å². The molecule has 146 valence electrons. The summed E-state index contributed by atoms with van der Waals surface area (Å²) in [7, 11) is -3.41. The Labute approximate surface area is 179 Å². The third-order valence-electron chi connectivity index (χ3n) is 3.33. The van der Waals surface area contributed by atoms with E-state index < -0.39 is 16.0 Å². The lowest BCUT2D eigenvalue weighted by molar-refractivity contribution is -0.136. The predicted molar refractivity (Wildman–Crippen MR) is 112 cm³/mol. The van der Waals surface area contributed by atoms with Gasteiger partial charge in [-0.3, -0.25) is 9.52 Å². The van der Waals surface area contributed by atoms with E-state index in [1.807, 2.05) is 0 Å². The average molecular weight is 542 g/mol. The Bertz CT molecular complexity index is 943. The number of carboxylic acids is 1.